The summed E-state index contributed by atoms with van der Waals surface area (Å²) in [4.78, 5) is 0. The van der Waals surface area contributed by atoms with Gasteiger partial charge in [-0.3, -0.25) is 4.68 Å². The lowest BCUT2D eigenvalue weighted by Gasteiger charge is -2.27. The van der Waals surface area contributed by atoms with Crippen LogP contribution in [0.3, 0.4) is 0 Å². The lowest BCUT2D eigenvalue weighted by atomic mass is 10.0. The molecule has 1 aliphatic heterocycles. The molecule has 0 aromatic carbocycles. The topological polar surface area (TPSA) is 48.3 Å². The maximum absolute atomic E-state index is 5.58. The average molecular weight is 239 g/mol. The minimum atomic E-state index is -0.156. The van der Waals surface area contributed by atoms with Crippen LogP contribution in [0, 0.1) is 0 Å². The van der Waals surface area contributed by atoms with Gasteiger partial charge in [-0.25, -0.2) is 0 Å². The molecule has 0 bridgehead atoms. The molecule has 2 unspecified atom stereocenters. The van der Waals surface area contributed by atoms with E-state index in [0.29, 0.717) is 6.61 Å². The van der Waals surface area contributed by atoms with Gasteiger partial charge in [-0.15, -0.1) is 0 Å². The van der Waals surface area contributed by atoms with Crippen molar-refractivity contribution in [1.82, 2.24) is 15.1 Å². The predicted octanol–water partition coefficient (Wildman–Crippen LogP) is 0.876. The Morgan fingerprint density at radius 2 is 2.53 bits per heavy atom. The van der Waals surface area contributed by atoms with Crippen molar-refractivity contribution < 1.29 is 9.47 Å². The molecule has 2 rings (SSSR count). The molecule has 1 aliphatic rings. The minimum absolute atomic E-state index is 0.156. The molecule has 0 saturated carbocycles. The van der Waals surface area contributed by atoms with E-state index in [1.54, 1.807) is 7.11 Å². The molecule has 1 N–H and O–H groups in total. The highest BCUT2D eigenvalue weighted by atomic mass is 16.5. The number of rotatable bonds is 5. The smallest absolute Gasteiger partial charge is 0.106 e. The second kappa shape index (κ2) is 5.16. The Bertz CT molecular complexity index is 358. The molecular formula is C12H21N3O2. The number of ether oxygens (including phenoxy) is 2. The summed E-state index contributed by atoms with van der Waals surface area (Å²) in [5.41, 5.74) is 1.04. The van der Waals surface area contributed by atoms with Crippen molar-refractivity contribution in [3.63, 3.8) is 0 Å². The van der Waals surface area contributed by atoms with E-state index in [0.717, 1.165) is 19.6 Å². The summed E-state index contributed by atoms with van der Waals surface area (Å²) in [7, 11) is 3.68. The molecule has 1 aromatic rings. The molecule has 2 heterocycles. The third-order valence-electron chi connectivity index (χ3n) is 3.46. The second-order valence-electron chi connectivity index (χ2n) is 4.74. The van der Waals surface area contributed by atoms with E-state index in [2.05, 4.69) is 17.3 Å². The van der Waals surface area contributed by atoms with Crippen molar-refractivity contribution in [2.24, 2.45) is 7.05 Å². The average Bonchev–Trinajstić information content (AvgIpc) is 2.95. The second-order valence-corrected chi connectivity index (χ2v) is 4.74. The number of aromatic nitrogens is 2. The van der Waals surface area contributed by atoms with Gasteiger partial charge in [-0.05, 0) is 6.92 Å². The Morgan fingerprint density at radius 1 is 1.71 bits per heavy atom. The molecule has 0 amide bonds. The van der Waals surface area contributed by atoms with Crippen LogP contribution in [-0.2, 0) is 16.5 Å². The van der Waals surface area contributed by atoms with E-state index in [1.807, 2.05) is 24.1 Å². The lowest BCUT2D eigenvalue weighted by Crippen LogP contribution is -2.43. The van der Waals surface area contributed by atoms with Gasteiger partial charge in [-0.1, -0.05) is 0 Å². The molecule has 1 saturated heterocycles. The van der Waals surface area contributed by atoms with Gasteiger partial charge in [0.1, 0.15) is 5.60 Å². The lowest BCUT2D eigenvalue weighted by molar-refractivity contribution is -0.0172. The zero-order valence-electron chi connectivity index (χ0n) is 10.8. The van der Waals surface area contributed by atoms with E-state index in [9.17, 15) is 0 Å². The molecule has 5 nitrogen and oxygen atoms in total. The number of nitrogens with zero attached hydrogens (tertiary/aromatic N) is 2. The van der Waals surface area contributed by atoms with Crippen LogP contribution >= 0.6 is 0 Å². The van der Waals surface area contributed by atoms with Crippen molar-refractivity contribution >= 4 is 0 Å². The molecule has 1 fully saturated rings. The molecule has 1 aromatic heterocycles. The van der Waals surface area contributed by atoms with Crippen molar-refractivity contribution in [3.8, 4) is 0 Å². The Balaban J connectivity index is 1.89. The number of aryl methyl sites for hydroxylation is 1. The van der Waals surface area contributed by atoms with Crippen molar-refractivity contribution in [2.75, 3.05) is 26.9 Å². The quantitative estimate of drug-likeness (QED) is 0.828. The van der Waals surface area contributed by atoms with Crippen LogP contribution in [0.4, 0.5) is 0 Å². The van der Waals surface area contributed by atoms with E-state index in [-0.39, 0.29) is 11.6 Å². The summed E-state index contributed by atoms with van der Waals surface area (Å²) in [6, 6.07) is 0.274. The van der Waals surface area contributed by atoms with Gasteiger partial charge in [-0.2, -0.15) is 5.10 Å². The van der Waals surface area contributed by atoms with Crippen molar-refractivity contribution in [1.29, 1.82) is 0 Å². The van der Waals surface area contributed by atoms with Crippen LogP contribution in [0.5, 0.6) is 0 Å². The van der Waals surface area contributed by atoms with Gasteiger partial charge in [0.05, 0.1) is 12.8 Å². The fourth-order valence-electron chi connectivity index (χ4n) is 2.08. The molecule has 5 heteroatoms. The minimum Gasteiger partial charge on any atom is -0.378 e. The van der Waals surface area contributed by atoms with E-state index < -0.39 is 0 Å². The Morgan fingerprint density at radius 3 is 3.06 bits per heavy atom. The van der Waals surface area contributed by atoms with Crippen LogP contribution < -0.4 is 5.32 Å². The molecule has 17 heavy (non-hydrogen) atoms. The third kappa shape index (κ3) is 2.86. The number of nitrogens with one attached hydrogen (secondary N) is 1. The monoisotopic (exact) mass is 239 g/mol. The molecule has 0 radical (unpaired) electrons. The SMILES string of the molecule is COC1(CNC(C)c2cnn(C)c2)CCOC1. The highest BCUT2D eigenvalue weighted by Gasteiger charge is 2.34. The van der Waals surface area contributed by atoms with Crippen LogP contribution in [0.1, 0.15) is 24.9 Å². The number of hydrogen-bond donors (Lipinski definition) is 1. The fourth-order valence-corrected chi connectivity index (χ4v) is 2.08. The summed E-state index contributed by atoms with van der Waals surface area (Å²) < 4.78 is 12.8. The highest BCUT2D eigenvalue weighted by molar-refractivity contribution is 5.09. The van der Waals surface area contributed by atoms with Gasteiger partial charge < -0.3 is 14.8 Å². The fraction of sp³-hybridized carbons (Fsp3) is 0.750. The standard InChI is InChI=1S/C12H21N3O2/c1-10(11-6-14-15(2)7-11)13-8-12(16-3)4-5-17-9-12/h6-7,10,13H,4-5,8-9H2,1-3H3. The molecule has 2 atom stereocenters. The summed E-state index contributed by atoms with van der Waals surface area (Å²) in [6.45, 7) is 4.41. The molecule has 0 aliphatic carbocycles. The summed E-state index contributed by atoms with van der Waals surface area (Å²) in [5, 5.41) is 7.66. The zero-order chi connectivity index (χ0) is 12.3. The number of methoxy groups -OCH3 is 1. The van der Waals surface area contributed by atoms with Gasteiger partial charge in [0, 0.05) is 51.5 Å². The predicted molar refractivity (Wildman–Crippen MR) is 64.8 cm³/mol. The Kier molecular flexibility index (Phi) is 3.81. The van der Waals surface area contributed by atoms with Crippen LogP contribution in [0.15, 0.2) is 12.4 Å². The maximum Gasteiger partial charge on any atom is 0.106 e. The van der Waals surface area contributed by atoms with E-state index in [4.69, 9.17) is 9.47 Å². The van der Waals surface area contributed by atoms with Gasteiger partial charge >= 0.3 is 0 Å². The number of hydrogen-bond acceptors (Lipinski definition) is 4. The van der Waals surface area contributed by atoms with Crippen molar-refractivity contribution in [3.05, 3.63) is 18.0 Å². The largest absolute Gasteiger partial charge is 0.378 e. The van der Waals surface area contributed by atoms with Gasteiger partial charge in [0.15, 0.2) is 0 Å². The first-order chi connectivity index (χ1) is 8.15. The molecule has 0 spiro atoms. The molecular weight excluding hydrogens is 218 g/mol. The summed E-state index contributed by atoms with van der Waals surface area (Å²) in [6.07, 6.45) is 4.88. The zero-order valence-corrected chi connectivity index (χ0v) is 10.8. The van der Waals surface area contributed by atoms with Crippen LogP contribution in [-0.4, -0.2) is 42.2 Å². The van der Waals surface area contributed by atoms with Crippen molar-refractivity contribution in [2.45, 2.75) is 25.0 Å². The van der Waals surface area contributed by atoms with Gasteiger partial charge in [0.25, 0.3) is 0 Å². The van der Waals surface area contributed by atoms with E-state index >= 15 is 0 Å². The highest BCUT2D eigenvalue weighted by Crippen LogP contribution is 2.22. The maximum atomic E-state index is 5.58. The Hall–Kier alpha value is -0.910. The summed E-state index contributed by atoms with van der Waals surface area (Å²) in [5.74, 6) is 0. The first kappa shape index (κ1) is 12.5. The normalized spacial score (nSPS) is 26.3. The molecule has 96 valence electrons. The van der Waals surface area contributed by atoms with Crippen LogP contribution in [0.25, 0.3) is 0 Å². The summed E-state index contributed by atoms with van der Waals surface area (Å²) >= 11 is 0. The third-order valence-corrected chi connectivity index (χ3v) is 3.46. The van der Waals surface area contributed by atoms with Gasteiger partial charge in [0.2, 0.25) is 0 Å². The van der Waals surface area contributed by atoms with Crippen LogP contribution in [0.2, 0.25) is 0 Å². The first-order valence-corrected chi connectivity index (χ1v) is 6.00. The first-order valence-electron chi connectivity index (χ1n) is 6.00. The Labute approximate surface area is 102 Å². The van der Waals surface area contributed by atoms with E-state index in [1.165, 1.54) is 5.56 Å².